The number of nitrogens with zero attached hydrogens (tertiary/aromatic N) is 2. The molecular formula is C12H9ClN4O. The highest BCUT2D eigenvalue weighted by molar-refractivity contribution is 6.33. The minimum Gasteiger partial charge on any atom is -0.399 e. The SMILES string of the molecule is Nc1ccc(-c2nc(-c3ccc[nH]3)no2)c(Cl)c1. The topological polar surface area (TPSA) is 80.7 Å². The Hall–Kier alpha value is -2.27. The largest absolute Gasteiger partial charge is 0.399 e. The predicted octanol–water partition coefficient (Wildman–Crippen LogP) is 2.97. The number of aromatic amines is 1. The smallest absolute Gasteiger partial charge is 0.259 e. The molecule has 0 aliphatic heterocycles. The number of nitrogens with two attached hydrogens (primary N) is 1. The summed E-state index contributed by atoms with van der Waals surface area (Å²) in [5, 5.41) is 4.37. The van der Waals surface area contributed by atoms with Crippen molar-refractivity contribution in [2.24, 2.45) is 0 Å². The van der Waals surface area contributed by atoms with Crippen molar-refractivity contribution < 1.29 is 4.52 Å². The van der Waals surface area contributed by atoms with E-state index in [2.05, 4.69) is 15.1 Å². The molecule has 3 aromatic rings. The summed E-state index contributed by atoms with van der Waals surface area (Å²) in [5.74, 6) is 0.854. The Morgan fingerprint density at radius 1 is 1.28 bits per heavy atom. The number of H-pyrrole nitrogens is 1. The maximum Gasteiger partial charge on any atom is 0.259 e. The molecule has 0 atom stereocenters. The van der Waals surface area contributed by atoms with Gasteiger partial charge in [-0.2, -0.15) is 4.98 Å². The minimum atomic E-state index is 0.365. The number of aromatic nitrogens is 3. The molecular weight excluding hydrogens is 252 g/mol. The molecule has 0 aliphatic carbocycles. The van der Waals surface area contributed by atoms with E-state index < -0.39 is 0 Å². The maximum absolute atomic E-state index is 6.08. The lowest BCUT2D eigenvalue weighted by molar-refractivity contribution is 0.432. The van der Waals surface area contributed by atoms with Crippen LogP contribution in [0.5, 0.6) is 0 Å². The van der Waals surface area contributed by atoms with Gasteiger partial charge in [0, 0.05) is 11.9 Å². The van der Waals surface area contributed by atoms with Crippen molar-refractivity contribution >= 4 is 17.3 Å². The van der Waals surface area contributed by atoms with Crippen molar-refractivity contribution in [3.63, 3.8) is 0 Å². The molecule has 0 saturated carbocycles. The highest BCUT2D eigenvalue weighted by Crippen LogP contribution is 2.29. The normalized spacial score (nSPS) is 10.7. The highest BCUT2D eigenvalue weighted by atomic mass is 35.5. The number of rotatable bonds is 2. The number of benzene rings is 1. The van der Waals surface area contributed by atoms with Crippen LogP contribution < -0.4 is 5.73 Å². The lowest BCUT2D eigenvalue weighted by Gasteiger charge is -1.99. The Morgan fingerprint density at radius 2 is 2.17 bits per heavy atom. The molecule has 5 nitrogen and oxygen atoms in total. The first-order chi connectivity index (χ1) is 8.74. The van der Waals surface area contributed by atoms with E-state index in [9.17, 15) is 0 Å². The Balaban J connectivity index is 2.03. The zero-order valence-corrected chi connectivity index (χ0v) is 9.98. The standard InChI is InChI=1S/C12H9ClN4O/c13-9-6-7(14)3-4-8(9)12-16-11(17-18-12)10-2-1-5-15-10/h1-6,15H,14H2. The molecule has 2 heterocycles. The summed E-state index contributed by atoms with van der Waals surface area (Å²) in [4.78, 5) is 7.28. The van der Waals surface area contributed by atoms with E-state index in [4.69, 9.17) is 21.9 Å². The highest BCUT2D eigenvalue weighted by Gasteiger charge is 2.13. The number of halogens is 1. The van der Waals surface area contributed by atoms with Crippen LogP contribution in [0.25, 0.3) is 23.0 Å². The molecule has 3 rings (SSSR count). The number of nitrogens with one attached hydrogen (secondary N) is 1. The van der Waals surface area contributed by atoms with Gasteiger partial charge in [0.15, 0.2) is 0 Å². The minimum absolute atomic E-state index is 0.365. The van der Waals surface area contributed by atoms with Crippen molar-refractivity contribution in [1.29, 1.82) is 0 Å². The van der Waals surface area contributed by atoms with E-state index in [1.807, 2.05) is 12.1 Å². The fraction of sp³-hybridized carbons (Fsp3) is 0. The lowest BCUT2D eigenvalue weighted by atomic mass is 10.2. The Morgan fingerprint density at radius 3 is 2.89 bits per heavy atom. The maximum atomic E-state index is 6.08. The number of anilines is 1. The zero-order valence-electron chi connectivity index (χ0n) is 9.22. The molecule has 0 aliphatic rings. The van der Waals surface area contributed by atoms with Gasteiger partial charge in [-0.3, -0.25) is 0 Å². The first-order valence-corrected chi connectivity index (χ1v) is 5.65. The van der Waals surface area contributed by atoms with Crippen molar-refractivity contribution in [3.8, 4) is 23.0 Å². The molecule has 90 valence electrons. The molecule has 18 heavy (non-hydrogen) atoms. The summed E-state index contributed by atoms with van der Waals surface area (Å²) in [7, 11) is 0. The van der Waals surface area contributed by atoms with Gasteiger partial charge in [0.2, 0.25) is 5.82 Å². The van der Waals surface area contributed by atoms with Crippen LogP contribution in [0, 0.1) is 0 Å². The van der Waals surface area contributed by atoms with Crippen LogP contribution in [0.4, 0.5) is 5.69 Å². The number of nitrogen functional groups attached to an aromatic ring is 1. The number of hydrogen-bond donors (Lipinski definition) is 2. The van der Waals surface area contributed by atoms with Crippen LogP contribution in [0.1, 0.15) is 0 Å². The van der Waals surface area contributed by atoms with E-state index in [1.165, 1.54) is 0 Å². The third-order valence-corrected chi connectivity index (χ3v) is 2.80. The van der Waals surface area contributed by atoms with Gasteiger partial charge in [-0.1, -0.05) is 16.8 Å². The summed E-state index contributed by atoms with van der Waals surface area (Å²) in [6.07, 6.45) is 1.79. The van der Waals surface area contributed by atoms with E-state index >= 15 is 0 Å². The fourth-order valence-corrected chi connectivity index (χ4v) is 1.89. The van der Waals surface area contributed by atoms with Gasteiger partial charge in [0.1, 0.15) is 0 Å². The van der Waals surface area contributed by atoms with Gasteiger partial charge in [-0.25, -0.2) is 0 Å². The lowest BCUT2D eigenvalue weighted by Crippen LogP contribution is -1.86. The van der Waals surface area contributed by atoms with Gasteiger partial charge in [0.25, 0.3) is 5.89 Å². The molecule has 0 amide bonds. The van der Waals surface area contributed by atoms with Crippen LogP contribution in [0.2, 0.25) is 5.02 Å². The number of hydrogen-bond acceptors (Lipinski definition) is 4. The summed E-state index contributed by atoms with van der Waals surface area (Å²) < 4.78 is 5.19. The van der Waals surface area contributed by atoms with Crippen LogP contribution in [-0.2, 0) is 0 Å². The van der Waals surface area contributed by atoms with Crippen LogP contribution in [0.3, 0.4) is 0 Å². The van der Waals surface area contributed by atoms with Gasteiger partial charge in [0.05, 0.1) is 16.3 Å². The molecule has 2 aromatic heterocycles. The first-order valence-electron chi connectivity index (χ1n) is 5.27. The summed E-state index contributed by atoms with van der Waals surface area (Å²) in [5.41, 5.74) is 7.67. The monoisotopic (exact) mass is 260 g/mol. The molecule has 6 heteroatoms. The second-order valence-corrected chi connectivity index (χ2v) is 4.15. The average molecular weight is 261 g/mol. The van der Waals surface area contributed by atoms with Gasteiger partial charge < -0.3 is 15.2 Å². The van der Waals surface area contributed by atoms with Crippen LogP contribution >= 0.6 is 11.6 Å². The summed E-state index contributed by atoms with van der Waals surface area (Å²) in [6.45, 7) is 0. The van der Waals surface area contributed by atoms with Gasteiger partial charge >= 0.3 is 0 Å². The fourth-order valence-electron chi connectivity index (χ4n) is 1.62. The van der Waals surface area contributed by atoms with E-state index in [-0.39, 0.29) is 0 Å². The Bertz CT molecular complexity index is 675. The molecule has 0 radical (unpaired) electrons. The van der Waals surface area contributed by atoms with E-state index in [0.717, 1.165) is 5.69 Å². The second-order valence-electron chi connectivity index (χ2n) is 3.75. The molecule has 0 fully saturated rings. The third kappa shape index (κ3) is 1.84. The van der Waals surface area contributed by atoms with Crippen LogP contribution in [0.15, 0.2) is 41.1 Å². The van der Waals surface area contributed by atoms with Crippen LogP contribution in [-0.4, -0.2) is 15.1 Å². The van der Waals surface area contributed by atoms with Gasteiger partial charge in [-0.05, 0) is 30.3 Å². The van der Waals surface area contributed by atoms with E-state index in [0.29, 0.717) is 28.0 Å². The predicted molar refractivity (Wildman–Crippen MR) is 68.9 cm³/mol. The summed E-state index contributed by atoms with van der Waals surface area (Å²) in [6, 6.07) is 8.86. The van der Waals surface area contributed by atoms with Gasteiger partial charge in [-0.15, -0.1) is 0 Å². The van der Waals surface area contributed by atoms with Crippen molar-refractivity contribution in [2.75, 3.05) is 5.73 Å². The molecule has 0 unspecified atom stereocenters. The second kappa shape index (κ2) is 4.19. The van der Waals surface area contributed by atoms with Crippen molar-refractivity contribution in [3.05, 3.63) is 41.6 Å². The average Bonchev–Trinajstić information content (AvgIpc) is 2.99. The van der Waals surface area contributed by atoms with E-state index in [1.54, 1.807) is 24.4 Å². The molecule has 3 N–H and O–H groups in total. The Kier molecular flexibility index (Phi) is 2.53. The first kappa shape index (κ1) is 10.9. The molecule has 0 saturated heterocycles. The Labute approximate surface area is 108 Å². The van der Waals surface area contributed by atoms with Crippen molar-refractivity contribution in [2.45, 2.75) is 0 Å². The molecule has 0 spiro atoms. The summed E-state index contributed by atoms with van der Waals surface area (Å²) >= 11 is 6.08. The van der Waals surface area contributed by atoms with Crippen molar-refractivity contribution in [1.82, 2.24) is 15.1 Å². The zero-order chi connectivity index (χ0) is 12.5. The quantitative estimate of drug-likeness (QED) is 0.694. The molecule has 0 bridgehead atoms. The molecule has 1 aromatic carbocycles. The third-order valence-electron chi connectivity index (χ3n) is 2.49.